The quantitative estimate of drug-likeness (QED) is 0.448. The SMILES string of the molecule is COc1cc(N)cc2c1nc(C(F)F)n2-c1nc(-c2ccn(C)n2)nc(N2CCOCC2)n1. The molecule has 0 bridgehead atoms. The highest BCUT2D eigenvalue weighted by Crippen LogP contribution is 2.34. The van der Waals surface area contributed by atoms with Crippen molar-refractivity contribution >= 4 is 22.7 Å². The van der Waals surface area contributed by atoms with Gasteiger partial charge in [0, 0.05) is 38.1 Å². The largest absolute Gasteiger partial charge is 0.494 e. The highest BCUT2D eigenvalue weighted by Gasteiger charge is 2.26. The number of aromatic nitrogens is 7. The topological polar surface area (TPSA) is 122 Å². The van der Waals surface area contributed by atoms with Gasteiger partial charge in [0.2, 0.25) is 11.9 Å². The van der Waals surface area contributed by atoms with Gasteiger partial charge in [0.05, 0.1) is 25.8 Å². The molecule has 1 aromatic carbocycles. The molecule has 0 unspecified atom stereocenters. The maximum Gasteiger partial charge on any atom is 0.296 e. The van der Waals surface area contributed by atoms with Crippen LogP contribution in [0.4, 0.5) is 20.4 Å². The first kappa shape index (κ1) is 21.0. The van der Waals surface area contributed by atoms with E-state index in [1.54, 1.807) is 24.0 Å². The van der Waals surface area contributed by atoms with Gasteiger partial charge >= 0.3 is 0 Å². The van der Waals surface area contributed by atoms with Crippen LogP contribution in [-0.2, 0) is 11.8 Å². The number of anilines is 2. The zero-order valence-electron chi connectivity index (χ0n) is 17.9. The van der Waals surface area contributed by atoms with Crippen molar-refractivity contribution in [2.75, 3.05) is 44.0 Å². The van der Waals surface area contributed by atoms with Gasteiger partial charge in [-0.25, -0.2) is 13.8 Å². The first-order chi connectivity index (χ1) is 15.9. The third kappa shape index (κ3) is 3.80. The van der Waals surface area contributed by atoms with Crippen molar-refractivity contribution in [2.45, 2.75) is 6.43 Å². The molecule has 0 atom stereocenters. The summed E-state index contributed by atoms with van der Waals surface area (Å²) in [5.74, 6) is 0.317. The number of rotatable bonds is 5. The van der Waals surface area contributed by atoms with E-state index >= 15 is 0 Å². The van der Waals surface area contributed by atoms with Gasteiger partial charge in [-0.05, 0) is 12.1 Å². The summed E-state index contributed by atoms with van der Waals surface area (Å²) in [6.45, 7) is 2.12. The van der Waals surface area contributed by atoms with E-state index in [2.05, 4.69) is 25.0 Å². The number of nitrogens with two attached hydrogens (primary N) is 1. The molecule has 2 N–H and O–H groups in total. The molecule has 33 heavy (non-hydrogen) atoms. The standard InChI is InChI=1S/C20H21F2N9O2/c1-29-4-3-12(28-29)17-25-19(30-5-7-33-8-6-30)27-20(26-17)31-13-9-11(23)10-14(32-2)15(13)24-18(31)16(21)22/h3-4,9-10,16H,5-8,23H2,1-2H3. The van der Waals surface area contributed by atoms with Crippen LogP contribution >= 0.6 is 0 Å². The maximum absolute atomic E-state index is 14.1. The number of methoxy groups -OCH3 is 1. The lowest BCUT2D eigenvalue weighted by Crippen LogP contribution is -2.37. The smallest absolute Gasteiger partial charge is 0.296 e. The van der Waals surface area contributed by atoms with E-state index in [0.29, 0.717) is 49.1 Å². The van der Waals surface area contributed by atoms with Gasteiger partial charge in [-0.3, -0.25) is 9.25 Å². The highest BCUT2D eigenvalue weighted by atomic mass is 19.3. The number of hydrogen-bond acceptors (Lipinski definition) is 9. The number of nitrogens with zero attached hydrogens (tertiary/aromatic N) is 8. The van der Waals surface area contributed by atoms with Gasteiger partial charge in [-0.15, -0.1) is 0 Å². The molecular formula is C20H21F2N9O2. The zero-order valence-corrected chi connectivity index (χ0v) is 17.9. The van der Waals surface area contributed by atoms with Crippen molar-refractivity contribution < 1.29 is 18.3 Å². The Morgan fingerprint density at radius 3 is 2.52 bits per heavy atom. The van der Waals surface area contributed by atoms with Crippen LogP contribution in [0.3, 0.4) is 0 Å². The number of imidazole rings is 1. The Bertz CT molecular complexity index is 1310. The van der Waals surface area contributed by atoms with E-state index in [1.165, 1.54) is 23.8 Å². The van der Waals surface area contributed by atoms with Crippen molar-refractivity contribution in [3.63, 3.8) is 0 Å². The van der Waals surface area contributed by atoms with E-state index in [0.717, 1.165) is 0 Å². The van der Waals surface area contributed by atoms with E-state index < -0.39 is 12.2 Å². The van der Waals surface area contributed by atoms with Gasteiger partial charge in [0.25, 0.3) is 6.43 Å². The molecule has 1 aliphatic rings. The summed E-state index contributed by atoms with van der Waals surface area (Å²) in [7, 11) is 3.19. The fourth-order valence-electron chi connectivity index (χ4n) is 3.70. The Labute approximate surface area is 186 Å². The monoisotopic (exact) mass is 457 g/mol. The Morgan fingerprint density at radius 1 is 1.09 bits per heavy atom. The Hall–Kier alpha value is -3.87. The number of hydrogen-bond donors (Lipinski definition) is 1. The van der Waals surface area contributed by atoms with Gasteiger partial charge in [-0.1, -0.05) is 0 Å². The lowest BCUT2D eigenvalue weighted by molar-refractivity contribution is 0.122. The number of nitrogen functional groups attached to an aromatic ring is 1. The summed E-state index contributed by atoms with van der Waals surface area (Å²) in [6.07, 6.45) is -1.15. The molecule has 4 heterocycles. The third-order valence-corrected chi connectivity index (χ3v) is 5.24. The molecule has 4 aromatic rings. The molecule has 11 nitrogen and oxygen atoms in total. The summed E-state index contributed by atoms with van der Waals surface area (Å²) in [6, 6.07) is 4.81. The van der Waals surface area contributed by atoms with Crippen molar-refractivity contribution in [1.29, 1.82) is 0 Å². The van der Waals surface area contributed by atoms with Crippen LogP contribution in [0.15, 0.2) is 24.4 Å². The van der Waals surface area contributed by atoms with E-state index in [9.17, 15) is 8.78 Å². The number of alkyl halides is 2. The third-order valence-electron chi connectivity index (χ3n) is 5.24. The second-order valence-electron chi connectivity index (χ2n) is 7.43. The predicted molar refractivity (Wildman–Crippen MR) is 116 cm³/mol. The Morgan fingerprint density at radius 2 is 1.85 bits per heavy atom. The summed E-state index contributed by atoms with van der Waals surface area (Å²) in [5.41, 5.74) is 7.35. The Balaban J connectivity index is 1.77. The van der Waals surface area contributed by atoms with Gasteiger partial charge in [0.15, 0.2) is 11.6 Å². The lowest BCUT2D eigenvalue weighted by atomic mass is 10.2. The van der Waals surface area contributed by atoms with Crippen LogP contribution in [0, 0.1) is 0 Å². The van der Waals surface area contributed by atoms with E-state index in [1.807, 2.05) is 4.90 Å². The van der Waals surface area contributed by atoms with E-state index in [-0.39, 0.29) is 23.0 Å². The average molecular weight is 457 g/mol. The molecule has 1 saturated heterocycles. The molecule has 0 aliphatic carbocycles. The number of halogens is 2. The zero-order chi connectivity index (χ0) is 23.1. The fourth-order valence-corrected chi connectivity index (χ4v) is 3.70. The lowest BCUT2D eigenvalue weighted by Gasteiger charge is -2.27. The molecule has 5 rings (SSSR count). The summed E-state index contributed by atoms with van der Waals surface area (Å²) < 4.78 is 41.7. The minimum Gasteiger partial charge on any atom is -0.494 e. The number of morpholine rings is 1. The molecule has 0 radical (unpaired) electrons. The van der Waals surface area contributed by atoms with Crippen molar-refractivity contribution in [3.8, 4) is 23.2 Å². The molecular weight excluding hydrogens is 436 g/mol. The van der Waals surface area contributed by atoms with Gasteiger partial charge in [-0.2, -0.15) is 20.1 Å². The molecule has 0 spiro atoms. The van der Waals surface area contributed by atoms with Crippen LogP contribution in [0.25, 0.3) is 28.5 Å². The van der Waals surface area contributed by atoms with Crippen molar-refractivity contribution in [2.24, 2.45) is 7.05 Å². The molecule has 1 fully saturated rings. The highest BCUT2D eigenvalue weighted by molar-refractivity contribution is 5.87. The molecule has 0 amide bonds. The van der Waals surface area contributed by atoms with Crippen LogP contribution in [0.5, 0.6) is 5.75 Å². The normalized spacial score (nSPS) is 14.4. The minimum atomic E-state index is -2.90. The summed E-state index contributed by atoms with van der Waals surface area (Å²) >= 11 is 0. The summed E-state index contributed by atoms with van der Waals surface area (Å²) in [5, 5.41) is 4.36. The second-order valence-corrected chi connectivity index (χ2v) is 7.43. The molecule has 13 heteroatoms. The fraction of sp³-hybridized carbons (Fsp3) is 0.350. The van der Waals surface area contributed by atoms with Crippen LogP contribution in [0.1, 0.15) is 12.2 Å². The Kier molecular flexibility index (Phi) is 5.24. The first-order valence-electron chi connectivity index (χ1n) is 10.2. The number of ether oxygens (including phenoxy) is 2. The minimum absolute atomic E-state index is 0.0161. The van der Waals surface area contributed by atoms with Crippen LogP contribution in [0.2, 0.25) is 0 Å². The number of fused-ring (bicyclic) bond motifs is 1. The average Bonchev–Trinajstić information content (AvgIpc) is 3.42. The second kappa shape index (κ2) is 8.24. The van der Waals surface area contributed by atoms with Gasteiger partial charge < -0.3 is 20.1 Å². The number of benzene rings is 1. The van der Waals surface area contributed by atoms with Crippen molar-refractivity contribution in [1.82, 2.24) is 34.3 Å². The van der Waals surface area contributed by atoms with Crippen LogP contribution in [-0.4, -0.2) is 67.7 Å². The molecule has 1 aliphatic heterocycles. The predicted octanol–water partition coefficient (Wildman–Crippen LogP) is 1.98. The molecule has 0 saturated carbocycles. The van der Waals surface area contributed by atoms with Crippen LogP contribution < -0.4 is 15.4 Å². The maximum atomic E-state index is 14.1. The number of aryl methyl sites for hydroxylation is 1. The van der Waals surface area contributed by atoms with Gasteiger partial charge in [0.1, 0.15) is 17.0 Å². The molecule has 3 aromatic heterocycles. The first-order valence-corrected chi connectivity index (χ1v) is 10.2. The summed E-state index contributed by atoms with van der Waals surface area (Å²) in [4.78, 5) is 19.6. The van der Waals surface area contributed by atoms with E-state index in [4.69, 9.17) is 15.2 Å². The molecule has 172 valence electrons. The van der Waals surface area contributed by atoms with Crippen molar-refractivity contribution in [3.05, 3.63) is 30.2 Å².